The van der Waals surface area contributed by atoms with Crippen LogP contribution in [-0.2, 0) is 11.2 Å². The molecular formula is C22H18Cl2N2O3. The van der Waals surface area contributed by atoms with Crippen molar-refractivity contribution in [2.24, 2.45) is 0 Å². The van der Waals surface area contributed by atoms with Crippen LogP contribution >= 0.6 is 23.2 Å². The molecule has 3 rings (SSSR count). The SMILES string of the molecule is O=C(N[C@H](Cc1ccccc1)C(=O)Nc1ccc(Cl)cc1)c1cc(Cl)ccc1O. The Kier molecular flexibility index (Phi) is 6.75. The van der Waals surface area contributed by atoms with Gasteiger partial charge in [-0.25, -0.2) is 0 Å². The van der Waals surface area contributed by atoms with Crippen molar-refractivity contribution in [2.45, 2.75) is 12.5 Å². The lowest BCUT2D eigenvalue weighted by Gasteiger charge is -2.19. The largest absolute Gasteiger partial charge is 0.507 e. The number of nitrogens with one attached hydrogen (secondary N) is 2. The Morgan fingerprint density at radius 3 is 2.24 bits per heavy atom. The number of halogens is 2. The van der Waals surface area contributed by atoms with Gasteiger partial charge in [0, 0.05) is 22.2 Å². The Balaban J connectivity index is 1.81. The molecule has 0 heterocycles. The average molecular weight is 429 g/mol. The number of carbonyl (C=O) groups is 2. The third-order valence-corrected chi connectivity index (χ3v) is 4.71. The highest BCUT2D eigenvalue weighted by Gasteiger charge is 2.23. The van der Waals surface area contributed by atoms with Crippen LogP contribution in [0, 0.1) is 0 Å². The fourth-order valence-electron chi connectivity index (χ4n) is 2.75. The number of benzene rings is 3. The van der Waals surface area contributed by atoms with Crippen molar-refractivity contribution in [1.29, 1.82) is 0 Å². The first-order valence-electron chi connectivity index (χ1n) is 8.82. The zero-order valence-electron chi connectivity index (χ0n) is 15.2. The molecule has 5 nitrogen and oxygen atoms in total. The van der Waals surface area contributed by atoms with Crippen molar-refractivity contribution in [2.75, 3.05) is 5.32 Å². The lowest BCUT2D eigenvalue weighted by atomic mass is 10.0. The van der Waals surface area contributed by atoms with E-state index < -0.39 is 17.9 Å². The first-order valence-corrected chi connectivity index (χ1v) is 9.57. The number of amides is 2. The van der Waals surface area contributed by atoms with Crippen LogP contribution in [0.25, 0.3) is 0 Å². The molecule has 0 fully saturated rings. The van der Waals surface area contributed by atoms with E-state index in [1.807, 2.05) is 30.3 Å². The summed E-state index contributed by atoms with van der Waals surface area (Å²) in [7, 11) is 0. The van der Waals surface area contributed by atoms with Crippen LogP contribution < -0.4 is 10.6 Å². The predicted molar refractivity (Wildman–Crippen MR) is 115 cm³/mol. The number of phenols is 1. The summed E-state index contributed by atoms with van der Waals surface area (Å²) in [6.45, 7) is 0. The monoisotopic (exact) mass is 428 g/mol. The Morgan fingerprint density at radius 1 is 0.897 bits per heavy atom. The van der Waals surface area contributed by atoms with Gasteiger partial charge in [0.1, 0.15) is 11.8 Å². The molecule has 1 atom stereocenters. The van der Waals surface area contributed by atoms with Gasteiger partial charge < -0.3 is 15.7 Å². The lowest BCUT2D eigenvalue weighted by Crippen LogP contribution is -2.45. The number of hydrogen-bond donors (Lipinski definition) is 3. The van der Waals surface area contributed by atoms with E-state index in [1.165, 1.54) is 18.2 Å². The van der Waals surface area contributed by atoms with Gasteiger partial charge in [0.15, 0.2) is 0 Å². The fraction of sp³-hybridized carbons (Fsp3) is 0.0909. The summed E-state index contributed by atoms with van der Waals surface area (Å²) in [6, 6.07) is 19.3. The molecule has 29 heavy (non-hydrogen) atoms. The van der Waals surface area contributed by atoms with Gasteiger partial charge in [-0.1, -0.05) is 53.5 Å². The van der Waals surface area contributed by atoms with Crippen LogP contribution in [0.2, 0.25) is 10.0 Å². The molecule has 0 aliphatic rings. The van der Waals surface area contributed by atoms with Crippen LogP contribution in [0.15, 0.2) is 72.8 Å². The Morgan fingerprint density at radius 2 is 1.55 bits per heavy atom. The van der Waals surface area contributed by atoms with Gasteiger partial charge in [0.05, 0.1) is 5.56 Å². The fourth-order valence-corrected chi connectivity index (χ4v) is 3.05. The minimum absolute atomic E-state index is 0.00476. The van der Waals surface area contributed by atoms with Gasteiger partial charge in [0.2, 0.25) is 5.91 Å². The third-order valence-electron chi connectivity index (χ3n) is 4.22. The minimum atomic E-state index is -0.876. The molecular weight excluding hydrogens is 411 g/mol. The highest BCUT2D eigenvalue weighted by atomic mass is 35.5. The van der Waals surface area contributed by atoms with Gasteiger partial charge in [0.25, 0.3) is 5.91 Å². The second-order valence-electron chi connectivity index (χ2n) is 6.37. The number of anilines is 1. The Labute approximate surface area is 178 Å². The number of phenolic OH excluding ortho intramolecular Hbond substituents is 1. The summed E-state index contributed by atoms with van der Waals surface area (Å²) in [4.78, 5) is 25.6. The molecule has 0 saturated carbocycles. The van der Waals surface area contributed by atoms with E-state index in [-0.39, 0.29) is 17.7 Å². The van der Waals surface area contributed by atoms with Crippen LogP contribution in [0.3, 0.4) is 0 Å². The maximum Gasteiger partial charge on any atom is 0.255 e. The summed E-state index contributed by atoms with van der Waals surface area (Å²) in [6.07, 6.45) is 0.271. The number of rotatable bonds is 6. The quantitative estimate of drug-likeness (QED) is 0.533. The molecule has 7 heteroatoms. The van der Waals surface area contributed by atoms with E-state index in [0.717, 1.165) is 5.56 Å². The molecule has 3 N–H and O–H groups in total. The van der Waals surface area contributed by atoms with Gasteiger partial charge >= 0.3 is 0 Å². The van der Waals surface area contributed by atoms with Crippen molar-refractivity contribution < 1.29 is 14.7 Å². The van der Waals surface area contributed by atoms with E-state index in [0.29, 0.717) is 15.7 Å². The van der Waals surface area contributed by atoms with Crippen molar-refractivity contribution in [3.63, 3.8) is 0 Å². The summed E-state index contributed by atoms with van der Waals surface area (Å²) in [5.74, 6) is -1.22. The molecule has 0 aliphatic heterocycles. The molecule has 0 unspecified atom stereocenters. The van der Waals surface area contributed by atoms with Crippen molar-refractivity contribution in [1.82, 2.24) is 5.32 Å². The van der Waals surface area contributed by atoms with Gasteiger partial charge in [-0.2, -0.15) is 0 Å². The molecule has 148 valence electrons. The topological polar surface area (TPSA) is 78.4 Å². The zero-order chi connectivity index (χ0) is 20.8. The molecule has 3 aromatic rings. The summed E-state index contributed by atoms with van der Waals surface area (Å²) < 4.78 is 0. The molecule has 0 aromatic heterocycles. The number of hydrogen-bond acceptors (Lipinski definition) is 3. The molecule has 0 bridgehead atoms. The molecule has 3 aromatic carbocycles. The third kappa shape index (κ3) is 5.73. The smallest absolute Gasteiger partial charge is 0.255 e. The van der Waals surface area contributed by atoms with E-state index in [4.69, 9.17) is 23.2 Å². The molecule has 0 saturated heterocycles. The molecule has 0 spiro atoms. The summed E-state index contributed by atoms with van der Waals surface area (Å²) in [5.41, 5.74) is 1.42. The molecule has 0 radical (unpaired) electrons. The summed E-state index contributed by atoms with van der Waals surface area (Å²) in [5, 5.41) is 16.3. The highest BCUT2D eigenvalue weighted by molar-refractivity contribution is 6.31. The zero-order valence-corrected chi connectivity index (χ0v) is 16.7. The number of carbonyl (C=O) groups excluding carboxylic acids is 2. The van der Waals surface area contributed by atoms with E-state index >= 15 is 0 Å². The van der Waals surface area contributed by atoms with Crippen LogP contribution in [-0.4, -0.2) is 23.0 Å². The Hall–Kier alpha value is -3.02. The molecule has 2 amide bonds. The maximum absolute atomic E-state index is 12.9. The van der Waals surface area contributed by atoms with Crippen LogP contribution in [0.5, 0.6) is 5.75 Å². The highest BCUT2D eigenvalue weighted by Crippen LogP contribution is 2.22. The normalized spacial score (nSPS) is 11.5. The standard InChI is InChI=1S/C22H18Cl2N2O3/c23-15-6-9-17(10-7-15)25-22(29)19(12-14-4-2-1-3-5-14)26-21(28)18-13-16(24)8-11-20(18)27/h1-11,13,19,27H,12H2,(H,25,29)(H,26,28)/t19-/m1/s1. The van der Waals surface area contributed by atoms with Crippen molar-refractivity contribution in [3.8, 4) is 5.75 Å². The van der Waals surface area contributed by atoms with Crippen molar-refractivity contribution in [3.05, 3.63) is 94.0 Å². The first kappa shape index (κ1) is 20.7. The van der Waals surface area contributed by atoms with Crippen molar-refractivity contribution >= 4 is 40.7 Å². The van der Waals surface area contributed by atoms with Crippen LogP contribution in [0.4, 0.5) is 5.69 Å². The van der Waals surface area contributed by atoms with Gasteiger partial charge in [-0.15, -0.1) is 0 Å². The second kappa shape index (κ2) is 9.45. The van der Waals surface area contributed by atoms with E-state index in [1.54, 1.807) is 24.3 Å². The minimum Gasteiger partial charge on any atom is -0.507 e. The van der Waals surface area contributed by atoms with Gasteiger partial charge in [-0.05, 0) is 48.0 Å². The summed E-state index contributed by atoms with van der Waals surface area (Å²) >= 11 is 11.8. The Bertz CT molecular complexity index is 1010. The maximum atomic E-state index is 12.9. The predicted octanol–water partition coefficient (Wildman–Crippen LogP) is 4.68. The van der Waals surface area contributed by atoms with E-state index in [9.17, 15) is 14.7 Å². The number of aromatic hydroxyl groups is 1. The van der Waals surface area contributed by atoms with E-state index in [2.05, 4.69) is 10.6 Å². The first-order chi connectivity index (χ1) is 13.9. The lowest BCUT2D eigenvalue weighted by molar-refractivity contribution is -0.118. The second-order valence-corrected chi connectivity index (χ2v) is 7.25. The van der Waals surface area contributed by atoms with Crippen LogP contribution in [0.1, 0.15) is 15.9 Å². The molecule has 0 aliphatic carbocycles. The van der Waals surface area contributed by atoms with Gasteiger partial charge in [-0.3, -0.25) is 9.59 Å². The average Bonchev–Trinajstić information content (AvgIpc) is 2.71.